The van der Waals surface area contributed by atoms with Gasteiger partial charge in [-0.25, -0.2) is 4.79 Å². The topological polar surface area (TPSA) is 62.8 Å². The molecule has 0 aromatic heterocycles. The van der Waals surface area contributed by atoms with Crippen molar-refractivity contribution in [1.82, 2.24) is 10.2 Å². The first kappa shape index (κ1) is 15.3. The molecule has 1 fully saturated rings. The van der Waals surface area contributed by atoms with Crippen LogP contribution in [0.5, 0.6) is 11.5 Å². The van der Waals surface area contributed by atoms with Gasteiger partial charge in [0.2, 0.25) is 0 Å². The van der Waals surface area contributed by atoms with Crippen LogP contribution in [-0.2, 0) is 0 Å². The summed E-state index contributed by atoms with van der Waals surface area (Å²) in [6, 6.07) is 5.80. The minimum atomic E-state index is 0.0125. The number of benzene rings is 1. The average Bonchev–Trinajstić information content (AvgIpc) is 2.88. The molecular formula is C15H23N3O3. The van der Waals surface area contributed by atoms with Crippen LogP contribution in [0.1, 0.15) is 13.8 Å². The molecule has 2 rings (SSSR count). The first-order valence-electron chi connectivity index (χ1n) is 7.41. The van der Waals surface area contributed by atoms with Gasteiger partial charge in [0.1, 0.15) is 0 Å². The number of nitrogens with one attached hydrogen (secondary N) is 2. The summed E-state index contributed by atoms with van der Waals surface area (Å²) in [5, 5.41) is 6.09. The van der Waals surface area contributed by atoms with E-state index < -0.39 is 0 Å². The van der Waals surface area contributed by atoms with Gasteiger partial charge in [0, 0.05) is 37.9 Å². The molecule has 0 saturated carbocycles. The highest BCUT2D eigenvalue weighted by Crippen LogP contribution is 2.30. The van der Waals surface area contributed by atoms with Crippen molar-refractivity contribution in [3.63, 3.8) is 0 Å². The van der Waals surface area contributed by atoms with E-state index in [2.05, 4.69) is 10.6 Å². The van der Waals surface area contributed by atoms with Gasteiger partial charge in [-0.05, 0) is 26.0 Å². The summed E-state index contributed by atoms with van der Waals surface area (Å²) in [7, 11) is 0. The normalized spacial score (nSPS) is 14.0. The van der Waals surface area contributed by atoms with Gasteiger partial charge < -0.3 is 25.0 Å². The van der Waals surface area contributed by atoms with E-state index in [4.69, 9.17) is 9.47 Å². The van der Waals surface area contributed by atoms with Crippen LogP contribution in [0.3, 0.4) is 0 Å². The number of carbonyl (C=O) groups is 1. The fourth-order valence-electron chi connectivity index (χ4n) is 2.22. The number of urea groups is 1. The molecule has 21 heavy (non-hydrogen) atoms. The second-order valence-electron chi connectivity index (χ2n) is 4.67. The van der Waals surface area contributed by atoms with E-state index in [9.17, 15) is 4.79 Å². The van der Waals surface area contributed by atoms with Crippen LogP contribution in [-0.4, -0.2) is 50.3 Å². The third kappa shape index (κ3) is 4.18. The average molecular weight is 293 g/mol. The number of amides is 2. The second kappa shape index (κ2) is 7.61. The van der Waals surface area contributed by atoms with Gasteiger partial charge in [0.25, 0.3) is 0 Å². The van der Waals surface area contributed by atoms with Gasteiger partial charge >= 0.3 is 6.03 Å². The molecule has 0 radical (unpaired) electrons. The maximum absolute atomic E-state index is 11.4. The van der Waals surface area contributed by atoms with Crippen molar-refractivity contribution in [2.24, 2.45) is 0 Å². The molecule has 0 aliphatic carbocycles. The Morgan fingerprint density at radius 3 is 2.67 bits per heavy atom. The molecule has 0 atom stereocenters. The number of anilines is 1. The molecule has 1 aromatic rings. The van der Waals surface area contributed by atoms with Gasteiger partial charge in [0.05, 0.1) is 13.2 Å². The summed E-state index contributed by atoms with van der Waals surface area (Å²) in [6.07, 6.45) is 0. The van der Waals surface area contributed by atoms with Crippen molar-refractivity contribution in [2.75, 3.05) is 44.7 Å². The molecule has 1 aliphatic heterocycles. The Labute approximate surface area is 125 Å². The molecule has 2 N–H and O–H groups in total. The van der Waals surface area contributed by atoms with Crippen LogP contribution in [0.2, 0.25) is 0 Å². The Bertz CT molecular complexity index is 479. The van der Waals surface area contributed by atoms with Crippen molar-refractivity contribution in [1.29, 1.82) is 0 Å². The molecule has 6 nitrogen and oxygen atoms in total. The summed E-state index contributed by atoms with van der Waals surface area (Å²) in [4.78, 5) is 13.2. The Kier molecular flexibility index (Phi) is 5.54. The Balaban J connectivity index is 1.90. The van der Waals surface area contributed by atoms with Crippen molar-refractivity contribution in [2.45, 2.75) is 13.8 Å². The lowest BCUT2D eigenvalue weighted by atomic mass is 10.2. The number of hydrogen-bond acceptors (Lipinski definition) is 4. The lowest BCUT2D eigenvalue weighted by Gasteiger charge is -2.16. The molecule has 1 aromatic carbocycles. The summed E-state index contributed by atoms with van der Waals surface area (Å²) < 4.78 is 11.1. The lowest BCUT2D eigenvalue weighted by molar-refractivity contribution is 0.219. The van der Waals surface area contributed by atoms with Crippen LogP contribution < -0.4 is 20.1 Å². The van der Waals surface area contributed by atoms with Crippen LogP contribution in [0.4, 0.5) is 10.5 Å². The van der Waals surface area contributed by atoms with Gasteiger partial charge in [-0.3, -0.25) is 0 Å². The van der Waals surface area contributed by atoms with Gasteiger partial charge in [-0.1, -0.05) is 0 Å². The van der Waals surface area contributed by atoms with E-state index in [0.29, 0.717) is 26.3 Å². The van der Waals surface area contributed by atoms with Crippen LogP contribution in [0.15, 0.2) is 18.2 Å². The molecule has 6 heteroatoms. The summed E-state index contributed by atoms with van der Waals surface area (Å²) in [6.45, 7) is 7.99. The van der Waals surface area contributed by atoms with Crippen LogP contribution in [0.25, 0.3) is 0 Å². The Hall–Kier alpha value is -2.11. The second-order valence-corrected chi connectivity index (χ2v) is 4.67. The highest BCUT2D eigenvalue weighted by Gasteiger charge is 2.18. The van der Waals surface area contributed by atoms with Crippen molar-refractivity contribution in [3.8, 4) is 11.5 Å². The Morgan fingerprint density at radius 1 is 1.24 bits per heavy atom. The SMILES string of the molecule is CCOc1ccc(NCCN2CCNC2=O)cc1OCC. The molecular weight excluding hydrogens is 270 g/mol. The van der Waals surface area contributed by atoms with E-state index >= 15 is 0 Å². The molecule has 0 unspecified atom stereocenters. The quantitative estimate of drug-likeness (QED) is 0.768. The lowest BCUT2D eigenvalue weighted by Crippen LogP contribution is -2.32. The van der Waals surface area contributed by atoms with E-state index in [1.807, 2.05) is 32.0 Å². The van der Waals surface area contributed by atoms with Crippen molar-refractivity contribution >= 4 is 11.7 Å². The van der Waals surface area contributed by atoms with Gasteiger partial charge in [0.15, 0.2) is 11.5 Å². The van der Waals surface area contributed by atoms with Crippen molar-refractivity contribution in [3.05, 3.63) is 18.2 Å². The highest BCUT2D eigenvalue weighted by atomic mass is 16.5. The maximum atomic E-state index is 11.4. The first-order valence-corrected chi connectivity index (χ1v) is 7.41. The minimum absolute atomic E-state index is 0.0125. The number of ether oxygens (including phenoxy) is 2. The monoisotopic (exact) mass is 293 g/mol. The van der Waals surface area contributed by atoms with Crippen LogP contribution in [0, 0.1) is 0 Å². The maximum Gasteiger partial charge on any atom is 0.317 e. The third-order valence-electron chi connectivity index (χ3n) is 3.20. The molecule has 1 aliphatic rings. The number of rotatable bonds is 8. The van der Waals surface area contributed by atoms with E-state index in [-0.39, 0.29) is 6.03 Å². The largest absolute Gasteiger partial charge is 0.490 e. The smallest absolute Gasteiger partial charge is 0.317 e. The zero-order chi connectivity index (χ0) is 15.1. The predicted molar refractivity (Wildman–Crippen MR) is 82.2 cm³/mol. The zero-order valence-electron chi connectivity index (χ0n) is 12.6. The molecule has 0 spiro atoms. The number of nitrogens with zero attached hydrogens (tertiary/aromatic N) is 1. The molecule has 1 saturated heterocycles. The summed E-state index contributed by atoms with van der Waals surface area (Å²) in [5.41, 5.74) is 0.960. The van der Waals surface area contributed by atoms with Gasteiger partial charge in [-0.15, -0.1) is 0 Å². The van der Waals surface area contributed by atoms with Crippen molar-refractivity contribution < 1.29 is 14.3 Å². The van der Waals surface area contributed by atoms with Gasteiger partial charge in [-0.2, -0.15) is 0 Å². The standard InChI is InChI=1S/C15H23N3O3/c1-3-20-13-6-5-12(11-14(13)21-4-2)16-7-9-18-10-8-17-15(18)19/h5-6,11,16H,3-4,7-10H2,1-2H3,(H,17,19). The highest BCUT2D eigenvalue weighted by molar-refractivity contribution is 5.76. The molecule has 2 amide bonds. The van der Waals surface area contributed by atoms with E-state index in [1.54, 1.807) is 4.90 Å². The fourth-order valence-corrected chi connectivity index (χ4v) is 2.22. The Morgan fingerprint density at radius 2 is 2.00 bits per heavy atom. The summed E-state index contributed by atoms with van der Waals surface area (Å²) >= 11 is 0. The third-order valence-corrected chi connectivity index (χ3v) is 3.20. The predicted octanol–water partition coefficient (Wildman–Crippen LogP) is 1.92. The van der Waals surface area contributed by atoms with E-state index in [1.165, 1.54) is 0 Å². The molecule has 0 bridgehead atoms. The fraction of sp³-hybridized carbons (Fsp3) is 0.533. The number of carbonyl (C=O) groups excluding carboxylic acids is 1. The zero-order valence-corrected chi connectivity index (χ0v) is 12.6. The molecule has 1 heterocycles. The summed E-state index contributed by atoms with van der Waals surface area (Å²) in [5.74, 6) is 1.49. The molecule has 116 valence electrons. The number of hydrogen-bond donors (Lipinski definition) is 2. The van der Waals surface area contributed by atoms with E-state index in [0.717, 1.165) is 30.3 Å². The van der Waals surface area contributed by atoms with Crippen LogP contribution >= 0.6 is 0 Å². The minimum Gasteiger partial charge on any atom is -0.490 e. The first-order chi connectivity index (χ1) is 10.2.